The minimum absolute atomic E-state index is 0.0600. The minimum atomic E-state index is -0.634. The Morgan fingerprint density at radius 1 is 0.243 bits per heavy atom. The number of carbonyl (C=O) groups excluding carboxylic acids is 1. The smallest absolute Gasteiger partial charge is 0.339 e. The van der Waals surface area contributed by atoms with Gasteiger partial charge in [0.2, 0.25) is 0 Å². The second-order valence-electron chi connectivity index (χ2n) is 33.4. The Labute approximate surface area is 605 Å². The monoisotopic (exact) mass is 1330 g/mol. The van der Waals surface area contributed by atoms with E-state index in [1.54, 1.807) is 0 Å². The molecule has 6 aliphatic rings. The zero-order chi connectivity index (χ0) is 70.9. The van der Waals surface area contributed by atoms with E-state index in [1.807, 2.05) is 12.1 Å². The first kappa shape index (κ1) is 62.8. The van der Waals surface area contributed by atoms with E-state index >= 15 is 0 Å². The number of ether oxygens (including phenoxy) is 1. The van der Waals surface area contributed by atoms with Crippen LogP contribution in [0.3, 0.4) is 0 Å². The molecule has 3 nitrogen and oxygen atoms in total. The lowest BCUT2D eigenvalue weighted by molar-refractivity contribution is -0.129. The number of benzene rings is 13. The van der Waals surface area contributed by atoms with Crippen LogP contribution in [0, 0.1) is 0 Å². The van der Waals surface area contributed by atoms with Gasteiger partial charge < -0.3 is 9.84 Å². The zero-order valence-corrected chi connectivity index (χ0v) is 61.0. The fraction of sp³-hybridized carbons (Fsp3) is 0.190. The number of aliphatic hydroxyl groups is 1. The second kappa shape index (κ2) is 21.5. The molecule has 13 aromatic rings. The van der Waals surface area contributed by atoms with Gasteiger partial charge in [-0.3, -0.25) is 0 Å². The number of allylic oxidation sites excluding steroid dienone is 1. The van der Waals surface area contributed by atoms with Gasteiger partial charge in [0.15, 0.2) is 0 Å². The molecule has 6 aliphatic carbocycles. The van der Waals surface area contributed by atoms with Crippen LogP contribution in [0.25, 0.3) is 134 Å². The van der Waals surface area contributed by atoms with Crippen LogP contribution in [0.2, 0.25) is 0 Å². The number of hydrogen-bond acceptors (Lipinski definition) is 3. The quantitative estimate of drug-likeness (QED) is 0.0714. The molecule has 0 atom stereocenters. The van der Waals surface area contributed by atoms with Crippen molar-refractivity contribution in [3.63, 3.8) is 0 Å². The van der Waals surface area contributed by atoms with Gasteiger partial charge in [-0.15, -0.1) is 0 Å². The number of aliphatic hydroxyl groups excluding tert-OH is 1. The summed E-state index contributed by atoms with van der Waals surface area (Å²) in [7, 11) is 0. The molecule has 0 unspecified atom stereocenters. The van der Waals surface area contributed by atoms with Gasteiger partial charge in [-0.1, -0.05) is 253 Å². The van der Waals surface area contributed by atoms with Crippen LogP contribution >= 0.6 is 0 Å². The van der Waals surface area contributed by atoms with E-state index in [9.17, 15) is 9.90 Å². The van der Waals surface area contributed by atoms with Gasteiger partial charge in [0, 0.05) is 32.5 Å². The van der Waals surface area contributed by atoms with Gasteiger partial charge >= 0.3 is 5.97 Å². The summed E-state index contributed by atoms with van der Waals surface area (Å²) in [6.45, 7) is 29.9. The van der Waals surface area contributed by atoms with Crippen LogP contribution in [-0.4, -0.2) is 11.1 Å². The van der Waals surface area contributed by atoms with E-state index in [1.165, 1.54) is 185 Å². The summed E-state index contributed by atoms with van der Waals surface area (Å²) in [6.07, 6.45) is 1.13. The summed E-state index contributed by atoms with van der Waals surface area (Å²) in [6, 6.07) is 94.4. The van der Waals surface area contributed by atoms with E-state index in [-0.39, 0.29) is 38.2 Å². The normalized spacial score (nSPS) is 16.4. The average molecular weight is 1330 g/mol. The topological polar surface area (TPSA) is 46.5 Å². The van der Waals surface area contributed by atoms with Crippen molar-refractivity contribution < 1.29 is 14.6 Å². The van der Waals surface area contributed by atoms with Gasteiger partial charge in [0.25, 0.3) is 0 Å². The molecular formula is C100H82O3. The number of fused-ring (bicyclic) bond motifs is 18. The van der Waals surface area contributed by atoms with E-state index in [2.05, 4.69) is 320 Å². The summed E-state index contributed by atoms with van der Waals surface area (Å²) in [5, 5.41) is 10.2. The maximum atomic E-state index is 13.4. The summed E-state index contributed by atoms with van der Waals surface area (Å²) in [5.74, 6) is -0.342. The molecule has 1 N–H and O–H groups in total. The van der Waals surface area contributed by atoms with Crippen LogP contribution in [0.4, 0.5) is 0 Å². The predicted molar refractivity (Wildman–Crippen MR) is 426 cm³/mol. The molecule has 0 bridgehead atoms. The Morgan fingerprint density at radius 3 is 0.641 bits per heavy atom. The van der Waals surface area contributed by atoms with Crippen LogP contribution in [0.1, 0.15) is 157 Å². The van der Waals surface area contributed by atoms with Crippen molar-refractivity contribution in [2.24, 2.45) is 0 Å². The molecule has 103 heavy (non-hydrogen) atoms. The minimum Gasteiger partial charge on any atom is -0.512 e. The van der Waals surface area contributed by atoms with Gasteiger partial charge in [-0.25, -0.2) is 4.79 Å². The highest BCUT2D eigenvalue weighted by atomic mass is 16.5. The summed E-state index contributed by atoms with van der Waals surface area (Å²) < 4.78 is 6.08. The number of esters is 1. The molecule has 0 saturated heterocycles. The highest BCUT2D eigenvalue weighted by Gasteiger charge is 2.43. The predicted octanol–water partition coefficient (Wildman–Crippen LogP) is 25.9. The highest BCUT2D eigenvalue weighted by Crippen LogP contribution is 2.58. The maximum absolute atomic E-state index is 13.4. The maximum Gasteiger partial charge on any atom is 0.339 e. The third-order valence-electron chi connectivity index (χ3n) is 25.3. The second-order valence-corrected chi connectivity index (χ2v) is 33.4. The highest BCUT2D eigenvalue weighted by molar-refractivity contribution is 5.94. The first-order valence-corrected chi connectivity index (χ1v) is 36.7. The molecular weight excluding hydrogens is 1250 g/mol. The van der Waals surface area contributed by atoms with Crippen molar-refractivity contribution in [3.05, 3.63) is 327 Å². The lowest BCUT2D eigenvalue weighted by atomic mass is 9.79. The van der Waals surface area contributed by atoms with Crippen molar-refractivity contribution in [2.75, 3.05) is 0 Å². The molecule has 0 amide bonds. The van der Waals surface area contributed by atoms with Gasteiger partial charge in [-0.05, 0) is 286 Å². The lowest BCUT2D eigenvalue weighted by Crippen LogP contribution is -2.16. The lowest BCUT2D eigenvalue weighted by Gasteiger charge is -2.24. The van der Waals surface area contributed by atoms with Crippen LogP contribution < -0.4 is 4.74 Å². The van der Waals surface area contributed by atoms with E-state index < -0.39 is 5.97 Å². The largest absolute Gasteiger partial charge is 0.512 e. The molecule has 500 valence electrons. The van der Waals surface area contributed by atoms with E-state index in [0.29, 0.717) is 5.75 Å². The Balaban J connectivity index is 0.600. The van der Waals surface area contributed by atoms with E-state index in [4.69, 9.17) is 4.74 Å². The molecule has 0 saturated carbocycles. The van der Waals surface area contributed by atoms with Gasteiger partial charge in [0.1, 0.15) is 5.75 Å². The Morgan fingerprint density at radius 2 is 0.427 bits per heavy atom. The third-order valence-corrected chi connectivity index (χ3v) is 25.3. The average Bonchev–Trinajstić information content (AvgIpc) is 1.59. The Bertz CT molecular complexity index is 5650. The molecule has 0 spiro atoms. The van der Waals surface area contributed by atoms with Crippen LogP contribution in [0.15, 0.2) is 261 Å². The van der Waals surface area contributed by atoms with Gasteiger partial charge in [-0.2, -0.15) is 0 Å². The summed E-state index contributed by atoms with van der Waals surface area (Å²) >= 11 is 0. The molecule has 19 rings (SSSR count). The van der Waals surface area contributed by atoms with Crippen LogP contribution in [-0.2, 0) is 37.3 Å². The van der Waals surface area contributed by atoms with Crippen molar-refractivity contribution in [1.29, 1.82) is 0 Å². The van der Waals surface area contributed by atoms with Crippen molar-refractivity contribution >= 4 is 5.97 Å². The number of carbonyl (C=O) groups is 1. The standard InChI is InChI=1S/C100H82O3/c1-56(101)42-94(102)103-69-44-67(65-30-40-80-78-38-28-63(52-90(78)99(10,11)92(80)54-65)61-26-36-76-74-34-24-59(48-86(74)97(6,7)88(76)50-61)57-22-32-72-70-18-14-16-20-82(70)95(2,3)84(72)46-57)43-68(45-69)66-31-41-81-79-39-29-64(53-91(79)100(12,13)93(81)55-66)62-27-37-77-75-35-25-60(49-87(75)98(8,9)89(77)51-62)58-23-33-73-71-19-15-17-21-83(71)96(4,5)85(73)47-58/h14-55,101H,1-13H3. The molecule has 0 heterocycles. The van der Waals surface area contributed by atoms with Crippen LogP contribution in [0.5, 0.6) is 5.75 Å². The number of rotatable bonds is 8. The molecule has 0 radical (unpaired) electrons. The van der Waals surface area contributed by atoms with Crippen molar-refractivity contribution in [3.8, 4) is 139 Å². The van der Waals surface area contributed by atoms with Crippen molar-refractivity contribution in [2.45, 2.75) is 122 Å². The summed E-state index contributed by atoms with van der Waals surface area (Å²) in [4.78, 5) is 13.4. The molecule has 3 heteroatoms. The fourth-order valence-electron chi connectivity index (χ4n) is 19.5. The molecule has 0 aromatic heterocycles. The third kappa shape index (κ3) is 9.10. The molecule has 13 aromatic carbocycles. The zero-order valence-electron chi connectivity index (χ0n) is 61.0. The first-order chi connectivity index (χ1) is 49.2. The van der Waals surface area contributed by atoms with Crippen molar-refractivity contribution in [1.82, 2.24) is 0 Å². The first-order valence-electron chi connectivity index (χ1n) is 36.7. The summed E-state index contributed by atoms with van der Waals surface area (Å²) in [5.41, 5.74) is 44.3. The SMILES string of the molecule is CC(O)=CC(=O)Oc1cc(-c2ccc3c(c2)C(C)(C)c2cc(-c4ccc5c(c4)C(C)(C)c4cc(-c6ccc7c(c6)C(C)(C)c6ccccc6-7)ccc4-5)ccc2-3)cc(-c2ccc3c(c2)C(C)(C)c2cc(-c4ccc5c(c4)C(C)(C)c4cc(-c6ccc7c(c6)C(C)(C)c6ccccc6-7)ccc4-5)ccc2-3)c1. The Kier molecular flexibility index (Phi) is 13.1. The van der Waals surface area contributed by atoms with E-state index in [0.717, 1.165) is 28.3 Å². The fourth-order valence-corrected chi connectivity index (χ4v) is 19.5. The molecule has 0 aliphatic heterocycles. The van der Waals surface area contributed by atoms with Gasteiger partial charge in [0.05, 0.1) is 11.8 Å². The molecule has 0 fully saturated rings. The number of hydrogen-bond donors (Lipinski definition) is 1. The Hall–Kier alpha value is -11.1.